The van der Waals surface area contributed by atoms with Crippen LogP contribution in [0.5, 0.6) is 5.75 Å². The number of rotatable bonds is 1. The lowest BCUT2D eigenvalue weighted by Crippen LogP contribution is -2.48. The van der Waals surface area contributed by atoms with Gasteiger partial charge in [0.05, 0.1) is 29.4 Å². The van der Waals surface area contributed by atoms with Gasteiger partial charge in [-0.15, -0.1) is 0 Å². The summed E-state index contributed by atoms with van der Waals surface area (Å²) in [6.45, 7) is 5.57. The highest BCUT2D eigenvalue weighted by Gasteiger charge is 2.41. The number of aryl methyl sites for hydroxylation is 1. The van der Waals surface area contributed by atoms with Crippen LogP contribution in [-0.4, -0.2) is 53.7 Å². The summed E-state index contributed by atoms with van der Waals surface area (Å²) in [5, 5.41) is 4.22. The molecule has 1 aliphatic carbocycles. The van der Waals surface area contributed by atoms with Gasteiger partial charge in [-0.3, -0.25) is 0 Å². The molecule has 1 N–H and O–H groups in total. The molecule has 0 radical (unpaired) electrons. The van der Waals surface area contributed by atoms with Crippen molar-refractivity contribution in [2.24, 2.45) is 5.92 Å². The van der Waals surface area contributed by atoms with Crippen LogP contribution in [0.4, 0.5) is 24.7 Å². The highest BCUT2D eigenvalue weighted by atomic mass is 19.3. The number of aromatic nitrogens is 2. The van der Waals surface area contributed by atoms with E-state index in [1.54, 1.807) is 19.1 Å². The Labute approximate surface area is 245 Å². The standard InChI is InChI=1S/C33H40F3N5O/c1-21-24-9-7-10-27(29(24)34)33(35,36)17-22-18-40(19-22)13-6-4-2-3-5-8-25-30-26(32(39-21)38-20-37-30)16-28-31(25)42-15-14-41(28)23-11-12-23/h7,9-10,16,20-23H,2-6,8,11-15,17-19H2,1H3,(H,37,38,39)/t21-/m1/s1. The molecule has 42 heavy (non-hydrogen) atoms. The minimum Gasteiger partial charge on any atom is -0.489 e. The number of benzene rings is 2. The van der Waals surface area contributed by atoms with Crippen molar-refractivity contribution in [2.75, 3.05) is 43.0 Å². The molecule has 224 valence electrons. The average molecular weight is 580 g/mol. The van der Waals surface area contributed by atoms with Crippen LogP contribution in [0.3, 0.4) is 0 Å². The second kappa shape index (κ2) is 11.2. The average Bonchev–Trinajstić information content (AvgIpc) is 3.79. The summed E-state index contributed by atoms with van der Waals surface area (Å²) in [6, 6.07) is 6.43. The first-order chi connectivity index (χ1) is 20.4. The van der Waals surface area contributed by atoms with Crippen LogP contribution in [-0.2, 0) is 12.3 Å². The first-order valence-corrected chi connectivity index (χ1v) is 15.7. The number of nitrogens with one attached hydrogen (secondary N) is 1. The fourth-order valence-corrected chi connectivity index (χ4v) is 7.17. The third kappa shape index (κ3) is 5.29. The SMILES string of the molecule is C[C@H]1Nc2ncnc3c(c4c(cc23)N(C2CC2)CCO4)CCCCCCCN2CC(C2)CC(F)(F)c2cccc1c2F. The number of alkyl halides is 2. The number of ether oxygens (including phenoxy) is 1. The first kappa shape index (κ1) is 27.7. The van der Waals surface area contributed by atoms with E-state index in [2.05, 4.69) is 26.2 Å². The predicted octanol–water partition coefficient (Wildman–Crippen LogP) is 7.22. The molecule has 5 heterocycles. The van der Waals surface area contributed by atoms with E-state index in [0.29, 0.717) is 31.6 Å². The number of fused-ring (bicyclic) bond motifs is 9. The van der Waals surface area contributed by atoms with Crippen LogP contribution in [0.1, 0.15) is 81.0 Å². The van der Waals surface area contributed by atoms with Gasteiger partial charge in [0.25, 0.3) is 5.92 Å². The Morgan fingerprint density at radius 1 is 1.02 bits per heavy atom. The van der Waals surface area contributed by atoms with Gasteiger partial charge < -0.3 is 19.9 Å². The number of hydrogen-bond acceptors (Lipinski definition) is 6. The lowest BCUT2D eigenvalue weighted by Gasteiger charge is -2.41. The third-order valence-electron chi connectivity index (χ3n) is 9.55. The monoisotopic (exact) mass is 579 g/mol. The molecule has 1 saturated heterocycles. The van der Waals surface area contributed by atoms with Crippen molar-refractivity contribution in [3.05, 3.63) is 53.1 Å². The van der Waals surface area contributed by atoms with E-state index in [9.17, 15) is 0 Å². The minimum absolute atomic E-state index is 0.114. The summed E-state index contributed by atoms with van der Waals surface area (Å²) in [4.78, 5) is 14.0. The van der Waals surface area contributed by atoms with E-state index in [-0.39, 0.29) is 17.9 Å². The summed E-state index contributed by atoms with van der Waals surface area (Å²) in [5.41, 5.74) is 2.72. The molecule has 9 heteroatoms. The molecule has 0 amide bonds. The van der Waals surface area contributed by atoms with Gasteiger partial charge in [-0.25, -0.2) is 23.1 Å². The largest absolute Gasteiger partial charge is 0.489 e. The molecule has 4 aliphatic heterocycles. The van der Waals surface area contributed by atoms with Crippen LogP contribution < -0.4 is 15.0 Å². The molecular weight excluding hydrogens is 539 g/mol. The van der Waals surface area contributed by atoms with E-state index in [1.165, 1.54) is 25.2 Å². The van der Waals surface area contributed by atoms with Crippen LogP contribution >= 0.6 is 0 Å². The van der Waals surface area contributed by atoms with Gasteiger partial charge in [-0.05, 0) is 57.6 Å². The fraction of sp³-hybridized carbons (Fsp3) is 0.576. The molecular formula is C33H40F3N5O. The van der Waals surface area contributed by atoms with Gasteiger partial charge in [0.1, 0.15) is 30.3 Å². The molecule has 0 unspecified atom stereocenters. The third-order valence-corrected chi connectivity index (χ3v) is 9.55. The van der Waals surface area contributed by atoms with Crippen LogP contribution in [0.2, 0.25) is 0 Å². The quantitative estimate of drug-likeness (QED) is 0.329. The van der Waals surface area contributed by atoms with Crippen molar-refractivity contribution in [3.8, 4) is 5.75 Å². The van der Waals surface area contributed by atoms with Crippen molar-refractivity contribution < 1.29 is 17.9 Å². The Balaban J connectivity index is 1.28. The summed E-state index contributed by atoms with van der Waals surface area (Å²) in [7, 11) is 0. The van der Waals surface area contributed by atoms with E-state index in [0.717, 1.165) is 79.5 Å². The highest BCUT2D eigenvalue weighted by molar-refractivity contribution is 5.97. The lowest BCUT2D eigenvalue weighted by atomic mass is 9.88. The zero-order chi connectivity index (χ0) is 28.8. The van der Waals surface area contributed by atoms with Gasteiger partial charge in [-0.2, -0.15) is 0 Å². The van der Waals surface area contributed by atoms with Gasteiger partial charge in [0, 0.05) is 42.1 Å². The molecule has 6 nitrogen and oxygen atoms in total. The normalized spacial score (nSPS) is 26.4. The Bertz CT molecular complexity index is 1460. The Morgan fingerprint density at radius 3 is 2.67 bits per heavy atom. The molecule has 1 atom stereocenters. The molecule has 2 aromatic carbocycles. The van der Waals surface area contributed by atoms with Gasteiger partial charge >= 0.3 is 0 Å². The molecule has 2 fully saturated rings. The predicted molar refractivity (Wildman–Crippen MR) is 159 cm³/mol. The molecule has 3 aromatic rings. The Kier molecular flexibility index (Phi) is 7.41. The van der Waals surface area contributed by atoms with E-state index >= 15 is 13.2 Å². The highest BCUT2D eigenvalue weighted by Crippen LogP contribution is 2.46. The lowest BCUT2D eigenvalue weighted by molar-refractivity contribution is -0.0592. The fourth-order valence-electron chi connectivity index (χ4n) is 7.17. The summed E-state index contributed by atoms with van der Waals surface area (Å²) in [5.74, 6) is -2.66. The zero-order valence-corrected chi connectivity index (χ0v) is 24.3. The van der Waals surface area contributed by atoms with Crippen molar-refractivity contribution in [1.82, 2.24) is 14.9 Å². The number of hydrogen-bond donors (Lipinski definition) is 1. The molecule has 8 bridgehead atoms. The maximum Gasteiger partial charge on any atom is 0.276 e. The van der Waals surface area contributed by atoms with Crippen molar-refractivity contribution in [3.63, 3.8) is 0 Å². The van der Waals surface area contributed by atoms with Gasteiger partial charge in [0.15, 0.2) is 0 Å². The molecule has 5 aliphatic rings. The Hall–Kier alpha value is -3.07. The summed E-state index contributed by atoms with van der Waals surface area (Å²) >= 11 is 0. The summed E-state index contributed by atoms with van der Waals surface area (Å²) in [6.07, 6.45) is 9.94. The number of nitrogens with zero attached hydrogens (tertiary/aromatic N) is 4. The second-order valence-corrected chi connectivity index (χ2v) is 12.7. The minimum atomic E-state index is -3.23. The van der Waals surface area contributed by atoms with Crippen molar-refractivity contribution in [1.29, 1.82) is 0 Å². The topological polar surface area (TPSA) is 53.5 Å². The second-order valence-electron chi connectivity index (χ2n) is 12.7. The van der Waals surface area contributed by atoms with Crippen LogP contribution in [0.15, 0.2) is 30.6 Å². The van der Waals surface area contributed by atoms with E-state index in [4.69, 9.17) is 9.72 Å². The van der Waals surface area contributed by atoms with Gasteiger partial charge in [-0.1, -0.05) is 37.5 Å². The maximum absolute atomic E-state index is 15.8. The first-order valence-electron chi connectivity index (χ1n) is 15.7. The molecule has 0 spiro atoms. The van der Waals surface area contributed by atoms with E-state index in [1.807, 2.05) is 0 Å². The van der Waals surface area contributed by atoms with Crippen molar-refractivity contribution in [2.45, 2.75) is 82.7 Å². The molecule has 8 rings (SSSR count). The Morgan fingerprint density at radius 2 is 1.83 bits per heavy atom. The molecule has 1 aromatic heterocycles. The smallest absolute Gasteiger partial charge is 0.276 e. The van der Waals surface area contributed by atoms with Gasteiger partial charge in [0.2, 0.25) is 0 Å². The maximum atomic E-state index is 15.8. The summed E-state index contributed by atoms with van der Waals surface area (Å²) < 4.78 is 53.0. The number of halogens is 3. The molecule has 1 saturated carbocycles. The van der Waals surface area contributed by atoms with E-state index < -0.39 is 23.3 Å². The zero-order valence-electron chi connectivity index (χ0n) is 24.3. The van der Waals surface area contributed by atoms with Crippen LogP contribution in [0, 0.1) is 11.7 Å². The number of anilines is 2. The van der Waals surface area contributed by atoms with Crippen LogP contribution in [0.25, 0.3) is 10.9 Å². The van der Waals surface area contributed by atoms with Crippen molar-refractivity contribution >= 4 is 22.4 Å².